The van der Waals surface area contributed by atoms with E-state index in [1.165, 1.54) is 22.5 Å². The zero-order valence-corrected chi connectivity index (χ0v) is 10.8. The Hall–Kier alpha value is -1.79. The fourth-order valence-corrected chi connectivity index (χ4v) is 3.53. The highest BCUT2D eigenvalue weighted by atomic mass is 32.2. The number of nitrogens with zero attached hydrogens (tertiary/aromatic N) is 2. The minimum absolute atomic E-state index is 0.0275. The third-order valence-corrected chi connectivity index (χ3v) is 4.88. The maximum atomic E-state index is 13.2. The van der Waals surface area contributed by atoms with Crippen LogP contribution in [-0.2, 0) is 23.1 Å². The minimum Gasteiger partial charge on any atom is -0.260 e. The number of halogens is 1. The van der Waals surface area contributed by atoms with E-state index in [4.69, 9.17) is 0 Å². The van der Waals surface area contributed by atoms with E-state index in [1.54, 1.807) is 12.3 Å². The molecule has 0 bridgehead atoms. The maximum absolute atomic E-state index is 13.2. The molecular weight excluding hydrogens is 267 g/mol. The van der Waals surface area contributed by atoms with Crippen LogP contribution in [0.2, 0.25) is 0 Å². The largest absolute Gasteiger partial charge is 0.260 e. The van der Waals surface area contributed by atoms with Crippen molar-refractivity contribution in [2.24, 2.45) is 0 Å². The first-order valence-corrected chi connectivity index (χ1v) is 7.20. The summed E-state index contributed by atoms with van der Waals surface area (Å²) in [6, 6.07) is 8.67. The molecule has 4 nitrogen and oxygen atoms in total. The summed E-state index contributed by atoms with van der Waals surface area (Å²) in [6.07, 6.45) is 1.64. The summed E-state index contributed by atoms with van der Waals surface area (Å²) in [5, 5.41) is 0. The Morgan fingerprint density at radius 2 is 2.00 bits per heavy atom. The molecule has 1 aromatic heterocycles. The maximum Gasteiger partial charge on any atom is 0.243 e. The van der Waals surface area contributed by atoms with Gasteiger partial charge in [0.25, 0.3) is 0 Å². The molecule has 1 aromatic carbocycles. The normalized spacial score (nSPS) is 15.4. The molecule has 1 aliphatic rings. The van der Waals surface area contributed by atoms with Crippen molar-refractivity contribution in [2.75, 3.05) is 0 Å². The number of sulfonamides is 1. The van der Waals surface area contributed by atoms with Crippen LogP contribution in [0.15, 0.2) is 47.5 Å². The van der Waals surface area contributed by atoms with Crippen molar-refractivity contribution in [3.8, 4) is 0 Å². The lowest BCUT2D eigenvalue weighted by Crippen LogP contribution is -2.25. The molecule has 98 valence electrons. The van der Waals surface area contributed by atoms with E-state index in [-0.39, 0.29) is 18.0 Å². The molecule has 0 spiro atoms. The SMILES string of the molecule is O=S(=O)(c1cccc(F)c1)N1Cc2cccnc2C1. The summed E-state index contributed by atoms with van der Waals surface area (Å²) in [4.78, 5) is 4.13. The topological polar surface area (TPSA) is 50.3 Å². The minimum atomic E-state index is -3.68. The van der Waals surface area contributed by atoms with Gasteiger partial charge in [-0.05, 0) is 29.8 Å². The Morgan fingerprint density at radius 3 is 2.74 bits per heavy atom. The van der Waals surface area contributed by atoms with Crippen LogP contribution in [0.3, 0.4) is 0 Å². The highest BCUT2D eigenvalue weighted by Gasteiger charge is 2.31. The Labute approximate surface area is 110 Å². The van der Waals surface area contributed by atoms with Crippen LogP contribution in [0.25, 0.3) is 0 Å². The van der Waals surface area contributed by atoms with Gasteiger partial charge < -0.3 is 0 Å². The Kier molecular flexibility index (Phi) is 2.83. The van der Waals surface area contributed by atoms with Crippen LogP contribution in [-0.4, -0.2) is 17.7 Å². The number of aromatic nitrogens is 1. The first kappa shape index (κ1) is 12.3. The van der Waals surface area contributed by atoms with Gasteiger partial charge in [0.1, 0.15) is 5.82 Å². The number of pyridine rings is 1. The molecule has 0 radical (unpaired) electrons. The van der Waals surface area contributed by atoms with E-state index < -0.39 is 15.8 Å². The Morgan fingerprint density at radius 1 is 1.16 bits per heavy atom. The molecule has 1 aliphatic heterocycles. The van der Waals surface area contributed by atoms with Crippen molar-refractivity contribution < 1.29 is 12.8 Å². The predicted octanol–water partition coefficient (Wildman–Crippen LogP) is 1.93. The van der Waals surface area contributed by atoms with Crippen molar-refractivity contribution in [3.63, 3.8) is 0 Å². The average molecular weight is 278 g/mol. The van der Waals surface area contributed by atoms with E-state index in [0.29, 0.717) is 0 Å². The summed E-state index contributed by atoms with van der Waals surface area (Å²) >= 11 is 0. The third-order valence-electron chi connectivity index (χ3n) is 3.09. The molecule has 0 amide bonds. The Bertz CT molecular complexity index is 706. The van der Waals surface area contributed by atoms with Gasteiger partial charge in [0, 0.05) is 12.7 Å². The van der Waals surface area contributed by atoms with E-state index in [0.717, 1.165) is 17.3 Å². The molecule has 0 unspecified atom stereocenters. The highest BCUT2D eigenvalue weighted by molar-refractivity contribution is 7.89. The zero-order valence-electron chi connectivity index (χ0n) is 9.95. The van der Waals surface area contributed by atoms with Crippen LogP contribution in [0.4, 0.5) is 4.39 Å². The van der Waals surface area contributed by atoms with Gasteiger partial charge in [-0.15, -0.1) is 0 Å². The van der Waals surface area contributed by atoms with Crippen LogP contribution >= 0.6 is 0 Å². The first-order valence-electron chi connectivity index (χ1n) is 5.76. The second-order valence-electron chi connectivity index (χ2n) is 4.34. The number of fused-ring (bicyclic) bond motifs is 1. The van der Waals surface area contributed by atoms with Gasteiger partial charge in [-0.3, -0.25) is 4.98 Å². The summed E-state index contributed by atoms with van der Waals surface area (Å²) in [5.41, 5.74) is 1.64. The number of hydrogen-bond donors (Lipinski definition) is 0. The number of rotatable bonds is 2. The van der Waals surface area contributed by atoms with E-state index in [9.17, 15) is 12.8 Å². The smallest absolute Gasteiger partial charge is 0.243 e. The number of benzene rings is 1. The second-order valence-corrected chi connectivity index (χ2v) is 6.28. The highest BCUT2D eigenvalue weighted by Crippen LogP contribution is 2.27. The van der Waals surface area contributed by atoms with Crippen molar-refractivity contribution >= 4 is 10.0 Å². The Balaban J connectivity index is 1.96. The lowest BCUT2D eigenvalue weighted by Gasteiger charge is -2.15. The average Bonchev–Trinajstić information content (AvgIpc) is 2.83. The number of hydrogen-bond acceptors (Lipinski definition) is 3. The van der Waals surface area contributed by atoms with Crippen molar-refractivity contribution in [1.29, 1.82) is 0 Å². The molecule has 0 atom stereocenters. The lowest BCUT2D eigenvalue weighted by atomic mass is 10.2. The fraction of sp³-hybridized carbons (Fsp3) is 0.154. The van der Waals surface area contributed by atoms with Gasteiger partial charge in [0.05, 0.1) is 17.1 Å². The molecule has 0 N–H and O–H groups in total. The summed E-state index contributed by atoms with van der Waals surface area (Å²) in [7, 11) is -3.68. The monoisotopic (exact) mass is 278 g/mol. The van der Waals surface area contributed by atoms with Crippen LogP contribution < -0.4 is 0 Å². The molecule has 2 heterocycles. The van der Waals surface area contributed by atoms with Gasteiger partial charge in [-0.1, -0.05) is 12.1 Å². The fourth-order valence-electron chi connectivity index (χ4n) is 2.12. The molecule has 0 saturated heterocycles. The van der Waals surface area contributed by atoms with Gasteiger partial charge in [0.15, 0.2) is 0 Å². The van der Waals surface area contributed by atoms with Crippen molar-refractivity contribution in [3.05, 3.63) is 59.7 Å². The van der Waals surface area contributed by atoms with E-state index in [2.05, 4.69) is 4.98 Å². The van der Waals surface area contributed by atoms with Crippen LogP contribution in [0, 0.1) is 5.82 Å². The van der Waals surface area contributed by atoms with Crippen molar-refractivity contribution in [2.45, 2.75) is 18.0 Å². The molecule has 0 fully saturated rings. The molecule has 19 heavy (non-hydrogen) atoms. The van der Waals surface area contributed by atoms with Crippen LogP contribution in [0.1, 0.15) is 11.3 Å². The van der Waals surface area contributed by atoms with Gasteiger partial charge >= 0.3 is 0 Å². The van der Waals surface area contributed by atoms with Gasteiger partial charge in [-0.25, -0.2) is 12.8 Å². The van der Waals surface area contributed by atoms with E-state index >= 15 is 0 Å². The van der Waals surface area contributed by atoms with E-state index in [1.807, 2.05) is 6.07 Å². The van der Waals surface area contributed by atoms with Crippen molar-refractivity contribution in [1.82, 2.24) is 9.29 Å². The van der Waals surface area contributed by atoms with Gasteiger partial charge in [-0.2, -0.15) is 4.31 Å². The van der Waals surface area contributed by atoms with Crippen LogP contribution in [0.5, 0.6) is 0 Å². The lowest BCUT2D eigenvalue weighted by molar-refractivity contribution is 0.429. The molecule has 0 aliphatic carbocycles. The first-order chi connectivity index (χ1) is 9.07. The quantitative estimate of drug-likeness (QED) is 0.843. The summed E-state index contributed by atoms with van der Waals surface area (Å²) in [6.45, 7) is 0.511. The molecule has 0 saturated carbocycles. The molecule has 3 rings (SSSR count). The molecular formula is C13H11FN2O2S. The zero-order chi connectivity index (χ0) is 13.5. The third kappa shape index (κ3) is 2.13. The summed E-state index contributed by atoms with van der Waals surface area (Å²) < 4.78 is 39.2. The standard InChI is InChI=1S/C13H11FN2O2S/c14-11-4-1-5-12(7-11)19(17,18)16-8-10-3-2-6-15-13(10)9-16/h1-7H,8-9H2. The molecule has 2 aromatic rings. The second kappa shape index (κ2) is 4.40. The predicted molar refractivity (Wildman–Crippen MR) is 67.1 cm³/mol. The molecule has 6 heteroatoms. The van der Waals surface area contributed by atoms with Gasteiger partial charge in [0.2, 0.25) is 10.0 Å². The summed E-state index contributed by atoms with van der Waals surface area (Å²) in [5.74, 6) is -0.559.